The first-order chi connectivity index (χ1) is 19.3. The summed E-state index contributed by atoms with van der Waals surface area (Å²) in [6.07, 6.45) is 5.23. The molecule has 0 atom stereocenters. The van der Waals surface area contributed by atoms with Crippen LogP contribution in [0.2, 0.25) is 0 Å². The maximum atomic E-state index is 6.40. The van der Waals surface area contributed by atoms with Crippen molar-refractivity contribution in [1.82, 2.24) is 0 Å². The summed E-state index contributed by atoms with van der Waals surface area (Å²) in [4.78, 5) is 1.34. The Morgan fingerprint density at radius 2 is 1.74 bits per heavy atom. The minimum absolute atomic E-state index is 0.290. The summed E-state index contributed by atoms with van der Waals surface area (Å²) < 4.78 is 25.7. The molecule has 2 aliphatic heterocycles. The second kappa shape index (κ2) is 10.3. The zero-order valence-electron chi connectivity index (χ0n) is 21.9. The van der Waals surface area contributed by atoms with Gasteiger partial charge in [0, 0.05) is 17.4 Å². The largest absolute Gasteiger partial charge is 0.493 e. The van der Waals surface area contributed by atoms with Crippen molar-refractivity contribution in [3.63, 3.8) is 0 Å². The van der Waals surface area contributed by atoms with Gasteiger partial charge in [-0.2, -0.15) is 4.57 Å². The molecule has 0 fully saturated rings. The molecule has 7 rings (SSSR count). The minimum Gasteiger partial charge on any atom is -0.493 e. The summed E-state index contributed by atoms with van der Waals surface area (Å²) in [5.74, 6) is 4.32. The number of unbranched alkanes of at least 4 members (excludes halogenated alkanes) is 1. The Hall–Kier alpha value is -3.90. The summed E-state index contributed by atoms with van der Waals surface area (Å²) in [7, 11) is 1.71. The maximum Gasteiger partial charge on any atom is 0.231 e. The third-order valence-corrected chi connectivity index (χ3v) is 8.75. The maximum absolute atomic E-state index is 6.40. The number of rotatable bonds is 8. The second-order valence-corrected chi connectivity index (χ2v) is 11.1. The highest BCUT2D eigenvalue weighted by Gasteiger charge is 2.28. The zero-order chi connectivity index (χ0) is 26.2. The van der Waals surface area contributed by atoms with Gasteiger partial charge in [0.15, 0.2) is 35.7 Å². The summed E-state index contributed by atoms with van der Waals surface area (Å²) in [6, 6.07) is 25.7. The SMILES string of the molecule is COc1ccc2cc3[n+](cc2c1OCCCCSc1cccc2ccccc12)CCc1cc2c(cc1-3)OCO2. The van der Waals surface area contributed by atoms with Gasteiger partial charge >= 0.3 is 0 Å². The normalized spacial score (nSPS) is 13.4. The molecule has 196 valence electrons. The Kier molecular flexibility index (Phi) is 6.41. The third-order valence-electron chi connectivity index (χ3n) is 7.59. The highest BCUT2D eigenvalue weighted by Crippen LogP contribution is 2.41. The molecule has 5 nitrogen and oxygen atoms in total. The summed E-state index contributed by atoms with van der Waals surface area (Å²) in [5, 5.41) is 4.83. The lowest BCUT2D eigenvalue weighted by Crippen LogP contribution is -2.40. The number of nitrogens with zero attached hydrogens (tertiary/aromatic N) is 1. The number of hydrogen-bond acceptors (Lipinski definition) is 5. The predicted molar refractivity (Wildman–Crippen MR) is 155 cm³/mol. The quantitative estimate of drug-likeness (QED) is 0.119. The smallest absolute Gasteiger partial charge is 0.231 e. The van der Waals surface area contributed by atoms with Gasteiger partial charge in [0.1, 0.15) is 0 Å². The van der Waals surface area contributed by atoms with E-state index < -0.39 is 0 Å². The molecule has 0 spiro atoms. The Labute approximate surface area is 232 Å². The van der Waals surface area contributed by atoms with Gasteiger partial charge in [-0.25, -0.2) is 0 Å². The van der Waals surface area contributed by atoms with Gasteiger partial charge in [-0.15, -0.1) is 11.8 Å². The van der Waals surface area contributed by atoms with Gasteiger partial charge < -0.3 is 18.9 Å². The lowest BCUT2D eigenvalue weighted by Gasteiger charge is -2.18. The summed E-state index contributed by atoms with van der Waals surface area (Å²) in [6.45, 7) is 1.85. The van der Waals surface area contributed by atoms with Crippen molar-refractivity contribution in [1.29, 1.82) is 0 Å². The van der Waals surface area contributed by atoms with Crippen molar-refractivity contribution in [3.05, 3.63) is 84.6 Å². The van der Waals surface area contributed by atoms with E-state index >= 15 is 0 Å². The lowest BCUT2D eigenvalue weighted by atomic mass is 9.95. The fourth-order valence-corrected chi connectivity index (χ4v) is 6.67. The minimum atomic E-state index is 0.290. The van der Waals surface area contributed by atoms with Crippen LogP contribution in [0.25, 0.3) is 32.8 Å². The first-order valence-corrected chi connectivity index (χ1v) is 14.5. The molecule has 5 aromatic rings. The van der Waals surface area contributed by atoms with Crippen LogP contribution in [0.15, 0.2) is 83.9 Å². The molecule has 0 saturated heterocycles. The molecule has 39 heavy (non-hydrogen) atoms. The molecule has 0 amide bonds. The molecule has 0 radical (unpaired) electrons. The molecule has 0 aliphatic carbocycles. The van der Waals surface area contributed by atoms with E-state index in [4.69, 9.17) is 18.9 Å². The number of aromatic nitrogens is 1. The number of pyridine rings is 1. The van der Waals surface area contributed by atoms with E-state index in [1.165, 1.54) is 32.5 Å². The first kappa shape index (κ1) is 24.2. The molecular formula is C33H30NO4S+. The Morgan fingerprint density at radius 1 is 0.872 bits per heavy atom. The first-order valence-electron chi connectivity index (χ1n) is 13.5. The molecule has 3 heterocycles. The molecular weight excluding hydrogens is 506 g/mol. The number of aryl methyl sites for hydroxylation is 2. The molecule has 0 unspecified atom stereocenters. The van der Waals surface area contributed by atoms with Crippen LogP contribution in [-0.4, -0.2) is 26.3 Å². The van der Waals surface area contributed by atoms with E-state index in [0.29, 0.717) is 6.61 Å². The van der Waals surface area contributed by atoms with E-state index in [9.17, 15) is 0 Å². The molecule has 0 N–H and O–H groups in total. The van der Waals surface area contributed by atoms with Gasteiger partial charge in [-0.05, 0) is 70.6 Å². The van der Waals surface area contributed by atoms with Crippen molar-refractivity contribution in [2.24, 2.45) is 0 Å². The fourth-order valence-electron chi connectivity index (χ4n) is 5.59. The van der Waals surface area contributed by atoms with Crippen molar-refractivity contribution < 1.29 is 23.5 Å². The fraction of sp³-hybridized carbons (Fsp3) is 0.242. The van der Waals surface area contributed by atoms with Crippen LogP contribution in [-0.2, 0) is 13.0 Å². The molecule has 0 bridgehead atoms. The monoisotopic (exact) mass is 536 g/mol. The number of hydrogen-bond donors (Lipinski definition) is 0. The standard InChI is InChI=1S/C33H30NO4S/c1-35-29-12-11-23-17-28-26-19-31-30(37-21-38-31)18-24(26)13-14-34(28)20-27(23)33(29)36-15-4-5-16-39-32-10-6-8-22-7-2-3-9-25(22)32/h2-3,6-12,17-20H,4-5,13-16,21H2,1H3/q+1. The number of methoxy groups -OCH3 is 1. The molecule has 6 heteroatoms. The van der Waals surface area contributed by atoms with Gasteiger partial charge in [-0.1, -0.05) is 36.4 Å². The van der Waals surface area contributed by atoms with Gasteiger partial charge in [0.05, 0.1) is 24.7 Å². The Morgan fingerprint density at radius 3 is 2.67 bits per heavy atom. The van der Waals surface area contributed by atoms with E-state index in [1.54, 1.807) is 7.11 Å². The third kappa shape index (κ3) is 4.53. The average Bonchev–Trinajstić information content (AvgIpc) is 3.44. The van der Waals surface area contributed by atoms with Crippen LogP contribution < -0.4 is 23.5 Å². The number of ether oxygens (including phenoxy) is 4. The van der Waals surface area contributed by atoms with E-state index in [-0.39, 0.29) is 6.79 Å². The Balaban J connectivity index is 1.07. The molecule has 0 saturated carbocycles. The zero-order valence-corrected chi connectivity index (χ0v) is 22.8. The van der Waals surface area contributed by atoms with Crippen molar-refractivity contribution in [2.45, 2.75) is 30.7 Å². The summed E-state index contributed by atoms with van der Waals surface area (Å²) >= 11 is 1.92. The van der Waals surface area contributed by atoms with Crippen LogP contribution in [0.1, 0.15) is 18.4 Å². The Bertz CT molecular complexity index is 1690. The van der Waals surface area contributed by atoms with Gasteiger partial charge in [0.2, 0.25) is 12.5 Å². The van der Waals surface area contributed by atoms with E-state index in [0.717, 1.165) is 65.3 Å². The molecule has 2 aliphatic rings. The second-order valence-electron chi connectivity index (χ2n) is 9.95. The summed E-state index contributed by atoms with van der Waals surface area (Å²) in [5.41, 5.74) is 3.68. The predicted octanol–water partition coefficient (Wildman–Crippen LogP) is 7.19. The van der Waals surface area contributed by atoms with Crippen molar-refractivity contribution in [2.75, 3.05) is 26.3 Å². The van der Waals surface area contributed by atoms with Crippen LogP contribution in [0, 0.1) is 0 Å². The number of thioether (sulfide) groups is 1. The average molecular weight is 537 g/mol. The number of benzene rings is 4. The van der Waals surface area contributed by atoms with Crippen LogP contribution in [0.4, 0.5) is 0 Å². The highest BCUT2D eigenvalue weighted by molar-refractivity contribution is 7.99. The van der Waals surface area contributed by atoms with Gasteiger partial charge in [-0.3, -0.25) is 0 Å². The van der Waals surface area contributed by atoms with E-state index in [1.807, 2.05) is 17.8 Å². The van der Waals surface area contributed by atoms with Crippen LogP contribution >= 0.6 is 11.8 Å². The molecule has 4 aromatic carbocycles. The van der Waals surface area contributed by atoms with E-state index in [2.05, 4.69) is 77.5 Å². The van der Waals surface area contributed by atoms with Crippen molar-refractivity contribution in [3.8, 4) is 34.3 Å². The topological polar surface area (TPSA) is 40.8 Å². The molecule has 1 aromatic heterocycles. The lowest BCUT2D eigenvalue weighted by molar-refractivity contribution is -0.686. The highest BCUT2D eigenvalue weighted by atomic mass is 32.2. The number of fused-ring (bicyclic) bond motifs is 6. The van der Waals surface area contributed by atoms with Gasteiger partial charge in [0.25, 0.3) is 0 Å². The van der Waals surface area contributed by atoms with Crippen LogP contribution in [0.3, 0.4) is 0 Å². The van der Waals surface area contributed by atoms with Crippen molar-refractivity contribution >= 4 is 33.3 Å². The van der Waals surface area contributed by atoms with Crippen LogP contribution in [0.5, 0.6) is 23.0 Å².